The van der Waals surface area contributed by atoms with Gasteiger partial charge in [0, 0.05) is 12.3 Å². The maximum absolute atomic E-state index is 12.7. The molecule has 1 heterocycles. The Morgan fingerprint density at radius 1 is 1.10 bits per heavy atom. The summed E-state index contributed by atoms with van der Waals surface area (Å²) < 4.78 is 12.7. The fraction of sp³-hybridized carbons (Fsp3) is 0. The third-order valence-corrected chi connectivity index (χ3v) is 2.44. The maximum Gasteiger partial charge on any atom is 0.286 e. The number of H-pyrrole nitrogens is 1. The number of aromatic amines is 1. The molecule has 0 radical (unpaired) electrons. The molecule has 0 aliphatic rings. The fourth-order valence-electron chi connectivity index (χ4n) is 1.44. The summed E-state index contributed by atoms with van der Waals surface area (Å²) >= 11 is 0. The molecule has 20 heavy (non-hydrogen) atoms. The molecule has 5 nitrogen and oxygen atoms in total. The van der Waals surface area contributed by atoms with Crippen molar-refractivity contribution in [2.45, 2.75) is 0 Å². The van der Waals surface area contributed by atoms with Gasteiger partial charge in [0.25, 0.3) is 11.8 Å². The number of halogens is 1. The van der Waals surface area contributed by atoms with E-state index in [9.17, 15) is 14.0 Å². The number of rotatable bonds is 3. The molecule has 1 aromatic heterocycles. The van der Waals surface area contributed by atoms with Crippen molar-refractivity contribution in [2.75, 3.05) is 0 Å². The molecular formula is C14H12FN3O2. The molecule has 102 valence electrons. The van der Waals surface area contributed by atoms with Gasteiger partial charge in [-0.25, -0.2) is 4.39 Å². The number of aromatic nitrogens is 1. The molecule has 0 saturated heterocycles. The van der Waals surface area contributed by atoms with E-state index in [0.29, 0.717) is 11.3 Å². The summed E-state index contributed by atoms with van der Waals surface area (Å²) in [6, 6.07) is 8.92. The molecular weight excluding hydrogens is 261 g/mol. The predicted octanol–water partition coefficient (Wildman–Crippen LogP) is 1.63. The lowest BCUT2D eigenvalue weighted by atomic mass is 10.2. The first-order valence-corrected chi connectivity index (χ1v) is 5.82. The first-order chi connectivity index (χ1) is 9.65. The van der Waals surface area contributed by atoms with Crippen LogP contribution in [0.15, 0.2) is 48.7 Å². The Kier molecular flexibility index (Phi) is 4.28. The Bertz CT molecular complexity index is 618. The van der Waals surface area contributed by atoms with E-state index in [0.717, 1.165) is 0 Å². The Morgan fingerprint density at radius 3 is 2.50 bits per heavy atom. The van der Waals surface area contributed by atoms with Gasteiger partial charge in [0.15, 0.2) is 0 Å². The van der Waals surface area contributed by atoms with Crippen LogP contribution < -0.4 is 10.9 Å². The van der Waals surface area contributed by atoms with E-state index in [1.807, 2.05) is 0 Å². The Hall–Kier alpha value is -2.89. The van der Waals surface area contributed by atoms with Gasteiger partial charge in [-0.1, -0.05) is 12.1 Å². The number of benzene rings is 1. The number of nitrogens with one attached hydrogen (secondary N) is 3. The number of carbonyl (C=O) groups is 2. The lowest BCUT2D eigenvalue weighted by Gasteiger charge is -2.03. The highest BCUT2D eigenvalue weighted by molar-refractivity contribution is 5.96. The maximum atomic E-state index is 12.7. The third-order valence-electron chi connectivity index (χ3n) is 2.44. The van der Waals surface area contributed by atoms with Crippen LogP contribution in [0, 0.1) is 5.82 Å². The van der Waals surface area contributed by atoms with E-state index >= 15 is 0 Å². The van der Waals surface area contributed by atoms with Gasteiger partial charge < -0.3 is 4.98 Å². The molecule has 2 aromatic rings. The average molecular weight is 273 g/mol. The van der Waals surface area contributed by atoms with Gasteiger partial charge in [0.1, 0.15) is 11.5 Å². The summed E-state index contributed by atoms with van der Waals surface area (Å²) in [6.07, 6.45) is 4.35. The predicted molar refractivity (Wildman–Crippen MR) is 71.8 cm³/mol. The minimum absolute atomic E-state index is 0.341. The molecule has 0 bridgehead atoms. The van der Waals surface area contributed by atoms with Crippen LogP contribution in [-0.4, -0.2) is 16.8 Å². The Labute approximate surface area is 114 Å². The highest BCUT2D eigenvalue weighted by atomic mass is 19.1. The number of hydrogen-bond acceptors (Lipinski definition) is 2. The minimum atomic E-state index is -0.491. The SMILES string of the molecule is O=C(/C=C/c1ccc(F)cc1)NNC(=O)c1ccc[nH]1. The normalized spacial score (nSPS) is 10.4. The fourth-order valence-corrected chi connectivity index (χ4v) is 1.44. The van der Waals surface area contributed by atoms with Crippen LogP contribution in [0.1, 0.15) is 16.1 Å². The van der Waals surface area contributed by atoms with Gasteiger partial charge in [0.05, 0.1) is 0 Å². The highest BCUT2D eigenvalue weighted by Crippen LogP contribution is 2.04. The van der Waals surface area contributed by atoms with Crippen molar-refractivity contribution >= 4 is 17.9 Å². The van der Waals surface area contributed by atoms with E-state index in [1.54, 1.807) is 18.3 Å². The lowest BCUT2D eigenvalue weighted by Crippen LogP contribution is -2.40. The van der Waals surface area contributed by atoms with Crippen LogP contribution in [0.25, 0.3) is 6.08 Å². The summed E-state index contributed by atoms with van der Waals surface area (Å²) in [7, 11) is 0. The standard InChI is InChI=1S/C14H12FN3O2/c15-11-6-3-10(4-7-11)5-8-13(19)17-18-14(20)12-2-1-9-16-12/h1-9,16H,(H,17,19)(H,18,20)/b8-5+. The first-order valence-electron chi connectivity index (χ1n) is 5.82. The second kappa shape index (κ2) is 6.33. The summed E-state index contributed by atoms with van der Waals surface area (Å²) in [5.41, 5.74) is 5.50. The molecule has 1 aromatic carbocycles. The lowest BCUT2D eigenvalue weighted by molar-refractivity contribution is -0.117. The molecule has 2 rings (SSSR count). The van der Waals surface area contributed by atoms with Crippen molar-refractivity contribution in [2.24, 2.45) is 0 Å². The Balaban J connectivity index is 1.83. The second-order valence-electron chi connectivity index (χ2n) is 3.91. The van der Waals surface area contributed by atoms with E-state index < -0.39 is 11.8 Å². The van der Waals surface area contributed by atoms with Crippen molar-refractivity contribution in [3.63, 3.8) is 0 Å². The number of hydrogen-bond donors (Lipinski definition) is 3. The quantitative estimate of drug-likeness (QED) is 0.587. The van der Waals surface area contributed by atoms with Crippen LogP contribution in [0.3, 0.4) is 0 Å². The molecule has 0 atom stereocenters. The molecule has 0 aliphatic carbocycles. The molecule has 3 N–H and O–H groups in total. The highest BCUT2D eigenvalue weighted by Gasteiger charge is 2.05. The number of hydrazine groups is 1. The van der Waals surface area contributed by atoms with Crippen LogP contribution >= 0.6 is 0 Å². The second-order valence-corrected chi connectivity index (χ2v) is 3.91. The molecule has 0 spiro atoms. The van der Waals surface area contributed by atoms with E-state index in [4.69, 9.17) is 0 Å². The largest absolute Gasteiger partial charge is 0.357 e. The zero-order chi connectivity index (χ0) is 14.4. The van der Waals surface area contributed by atoms with Gasteiger partial charge >= 0.3 is 0 Å². The molecule has 0 aliphatic heterocycles. The average Bonchev–Trinajstić information content (AvgIpc) is 2.98. The smallest absolute Gasteiger partial charge is 0.286 e. The molecule has 0 fully saturated rings. The van der Waals surface area contributed by atoms with Crippen molar-refractivity contribution in [3.05, 3.63) is 65.7 Å². The van der Waals surface area contributed by atoms with Crippen molar-refractivity contribution in [1.82, 2.24) is 15.8 Å². The number of carbonyl (C=O) groups excluding carboxylic acids is 2. The van der Waals surface area contributed by atoms with Crippen molar-refractivity contribution in [1.29, 1.82) is 0 Å². The van der Waals surface area contributed by atoms with Gasteiger partial charge in [-0.05, 0) is 35.9 Å². The van der Waals surface area contributed by atoms with Gasteiger partial charge in [0.2, 0.25) is 0 Å². The van der Waals surface area contributed by atoms with E-state index in [1.165, 1.54) is 36.4 Å². The first kappa shape index (κ1) is 13.5. The molecule has 0 saturated carbocycles. The molecule has 6 heteroatoms. The Morgan fingerprint density at radius 2 is 1.85 bits per heavy atom. The van der Waals surface area contributed by atoms with E-state index in [2.05, 4.69) is 15.8 Å². The molecule has 2 amide bonds. The summed E-state index contributed by atoms with van der Waals surface area (Å²) in [6.45, 7) is 0. The van der Waals surface area contributed by atoms with Crippen LogP contribution in [0.4, 0.5) is 4.39 Å². The van der Waals surface area contributed by atoms with Crippen LogP contribution in [0.5, 0.6) is 0 Å². The zero-order valence-corrected chi connectivity index (χ0v) is 10.4. The summed E-state index contributed by atoms with van der Waals surface area (Å²) in [5, 5.41) is 0. The van der Waals surface area contributed by atoms with Crippen LogP contribution in [0.2, 0.25) is 0 Å². The van der Waals surface area contributed by atoms with Gasteiger partial charge in [-0.2, -0.15) is 0 Å². The topological polar surface area (TPSA) is 74.0 Å². The van der Waals surface area contributed by atoms with Crippen LogP contribution in [-0.2, 0) is 4.79 Å². The summed E-state index contributed by atoms with van der Waals surface area (Å²) in [5.74, 6) is -1.28. The van der Waals surface area contributed by atoms with Gasteiger partial charge in [-0.3, -0.25) is 20.4 Å². The minimum Gasteiger partial charge on any atom is -0.357 e. The monoisotopic (exact) mass is 273 g/mol. The summed E-state index contributed by atoms with van der Waals surface area (Å²) in [4.78, 5) is 25.7. The van der Waals surface area contributed by atoms with Crippen molar-refractivity contribution in [3.8, 4) is 0 Å². The zero-order valence-electron chi connectivity index (χ0n) is 10.4. The van der Waals surface area contributed by atoms with Gasteiger partial charge in [-0.15, -0.1) is 0 Å². The third kappa shape index (κ3) is 3.81. The molecule has 0 unspecified atom stereocenters. The van der Waals surface area contributed by atoms with Crippen molar-refractivity contribution < 1.29 is 14.0 Å². The van der Waals surface area contributed by atoms with E-state index in [-0.39, 0.29) is 5.82 Å². The number of amides is 2.